The molecule has 2 rings (SSSR count). The highest BCUT2D eigenvalue weighted by molar-refractivity contribution is 5.85. The molecule has 0 aliphatic heterocycles. The van der Waals surface area contributed by atoms with Gasteiger partial charge < -0.3 is 14.6 Å². The van der Waals surface area contributed by atoms with E-state index in [0.29, 0.717) is 23.7 Å². The van der Waals surface area contributed by atoms with Gasteiger partial charge in [0, 0.05) is 19.3 Å². The van der Waals surface area contributed by atoms with Crippen molar-refractivity contribution in [2.24, 2.45) is 7.05 Å². The lowest BCUT2D eigenvalue weighted by molar-refractivity contribution is -0.131. The van der Waals surface area contributed by atoms with Crippen LogP contribution in [-0.2, 0) is 18.4 Å². The lowest BCUT2D eigenvalue weighted by Crippen LogP contribution is -2.00. The van der Waals surface area contributed by atoms with Crippen molar-refractivity contribution in [1.29, 1.82) is 0 Å². The number of aliphatic carboxylic acids is 1. The number of ether oxygens (including phenoxy) is 2. The van der Waals surface area contributed by atoms with Crippen molar-refractivity contribution in [3.63, 3.8) is 0 Å². The van der Waals surface area contributed by atoms with Gasteiger partial charge in [-0.1, -0.05) is 6.07 Å². The first-order valence-corrected chi connectivity index (χ1v) is 6.29. The first-order chi connectivity index (χ1) is 10.1. The Balaban J connectivity index is 2.15. The summed E-state index contributed by atoms with van der Waals surface area (Å²) in [6, 6.07) is 7.07. The Labute approximate surface area is 122 Å². The first-order valence-electron chi connectivity index (χ1n) is 6.29. The summed E-state index contributed by atoms with van der Waals surface area (Å²) >= 11 is 0. The van der Waals surface area contributed by atoms with Gasteiger partial charge in [-0.3, -0.25) is 4.68 Å². The number of nitrogens with zero attached hydrogens (tertiary/aromatic N) is 2. The highest BCUT2D eigenvalue weighted by Gasteiger charge is 2.06. The Morgan fingerprint density at radius 1 is 1.38 bits per heavy atom. The van der Waals surface area contributed by atoms with Crippen molar-refractivity contribution >= 4 is 12.0 Å². The van der Waals surface area contributed by atoms with Crippen LogP contribution < -0.4 is 9.47 Å². The number of hydrogen-bond acceptors (Lipinski definition) is 4. The Kier molecular flexibility index (Phi) is 4.61. The zero-order chi connectivity index (χ0) is 15.2. The summed E-state index contributed by atoms with van der Waals surface area (Å²) in [5.41, 5.74) is 1.51. The van der Waals surface area contributed by atoms with Crippen LogP contribution >= 0.6 is 0 Å². The molecular weight excluding hydrogens is 272 g/mol. The minimum atomic E-state index is -0.998. The third-order valence-corrected chi connectivity index (χ3v) is 2.75. The Hall–Kier alpha value is -2.76. The zero-order valence-corrected chi connectivity index (χ0v) is 11.8. The van der Waals surface area contributed by atoms with Crippen LogP contribution in [0.5, 0.6) is 11.5 Å². The minimum absolute atomic E-state index is 0.309. The molecule has 21 heavy (non-hydrogen) atoms. The molecule has 110 valence electrons. The van der Waals surface area contributed by atoms with Crippen molar-refractivity contribution in [2.45, 2.75) is 6.61 Å². The van der Waals surface area contributed by atoms with E-state index in [1.54, 1.807) is 30.0 Å². The molecule has 0 bridgehead atoms. The molecule has 0 amide bonds. The fourth-order valence-electron chi connectivity index (χ4n) is 1.77. The van der Waals surface area contributed by atoms with Gasteiger partial charge in [0.15, 0.2) is 11.5 Å². The summed E-state index contributed by atoms with van der Waals surface area (Å²) in [5, 5.41) is 12.9. The van der Waals surface area contributed by atoms with E-state index in [0.717, 1.165) is 11.8 Å². The molecule has 1 aromatic carbocycles. The van der Waals surface area contributed by atoms with Crippen molar-refractivity contribution < 1.29 is 19.4 Å². The van der Waals surface area contributed by atoms with Crippen molar-refractivity contribution in [1.82, 2.24) is 9.78 Å². The van der Waals surface area contributed by atoms with Crippen molar-refractivity contribution in [3.05, 3.63) is 47.8 Å². The molecule has 6 heteroatoms. The number of carbonyl (C=O) groups is 1. The van der Waals surface area contributed by atoms with Gasteiger partial charge in [0.1, 0.15) is 6.61 Å². The number of carboxylic acids is 1. The number of hydrogen-bond donors (Lipinski definition) is 1. The maximum absolute atomic E-state index is 10.5. The average molecular weight is 288 g/mol. The summed E-state index contributed by atoms with van der Waals surface area (Å²) in [6.07, 6.45) is 4.40. The molecule has 1 heterocycles. The number of methoxy groups -OCH3 is 1. The largest absolute Gasteiger partial charge is 0.493 e. The molecule has 0 saturated heterocycles. The van der Waals surface area contributed by atoms with Crippen LogP contribution in [0.1, 0.15) is 11.3 Å². The summed E-state index contributed by atoms with van der Waals surface area (Å²) in [4.78, 5) is 10.5. The SMILES string of the molecule is COc1ccc(/C=C/C(=O)O)cc1OCc1ccn(C)n1. The molecule has 0 aliphatic rings. The molecule has 0 aliphatic carbocycles. The van der Waals surface area contributed by atoms with Crippen molar-refractivity contribution in [2.75, 3.05) is 7.11 Å². The molecular formula is C15H16N2O4. The molecule has 0 unspecified atom stereocenters. The van der Waals surface area contributed by atoms with Crippen LogP contribution in [0.3, 0.4) is 0 Å². The van der Waals surface area contributed by atoms with Crippen LogP contribution in [0.25, 0.3) is 6.08 Å². The summed E-state index contributed by atoms with van der Waals surface area (Å²) in [6.45, 7) is 0.309. The molecule has 0 spiro atoms. The highest BCUT2D eigenvalue weighted by atomic mass is 16.5. The molecule has 0 atom stereocenters. The predicted octanol–water partition coefficient (Wildman–Crippen LogP) is 2.11. The third kappa shape index (κ3) is 4.10. The second kappa shape index (κ2) is 6.60. The second-order valence-electron chi connectivity index (χ2n) is 4.35. The Bertz CT molecular complexity index is 661. The zero-order valence-electron chi connectivity index (χ0n) is 11.8. The summed E-state index contributed by atoms with van der Waals surface area (Å²) < 4.78 is 12.6. The van der Waals surface area contributed by atoms with Gasteiger partial charge in [0.25, 0.3) is 0 Å². The topological polar surface area (TPSA) is 73.6 Å². The number of benzene rings is 1. The minimum Gasteiger partial charge on any atom is -0.493 e. The first kappa shape index (κ1) is 14.6. The van der Waals surface area contributed by atoms with Gasteiger partial charge in [-0.2, -0.15) is 5.10 Å². The van der Waals surface area contributed by atoms with E-state index in [1.807, 2.05) is 19.3 Å². The summed E-state index contributed by atoms with van der Waals surface area (Å²) in [7, 11) is 3.39. The fourth-order valence-corrected chi connectivity index (χ4v) is 1.77. The van der Waals surface area contributed by atoms with Crippen LogP contribution in [0.15, 0.2) is 36.5 Å². The standard InChI is InChI=1S/C15H16N2O4/c1-17-8-7-12(16-17)10-21-14-9-11(4-6-15(18)19)3-5-13(14)20-2/h3-9H,10H2,1-2H3,(H,18,19)/b6-4+. The number of rotatable bonds is 6. The van der Waals surface area contributed by atoms with Crippen LogP contribution in [0.4, 0.5) is 0 Å². The average Bonchev–Trinajstić information content (AvgIpc) is 2.88. The monoisotopic (exact) mass is 288 g/mol. The number of aromatic nitrogens is 2. The maximum atomic E-state index is 10.5. The Morgan fingerprint density at radius 3 is 2.81 bits per heavy atom. The number of aryl methyl sites for hydroxylation is 1. The van der Waals surface area contributed by atoms with Gasteiger partial charge in [-0.05, 0) is 29.8 Å². The maximum Gasteiger partial charge on any atom is 0.328 e. The van der Waals surface area contributed by atoms with E-state index < -0.39 is 5.97 Å². The van der Waals surface area contributed by atoms with Crippen LogP contribution in [0, 0.1) is 0 Å². The fraction of sp³-hybridized carbons (Fsp3) is 0.200. The van der Waals surface area contributed by atoms with Crippen LogP contribution in [-0.4, -0.2) is 28.0 Å². The molecule has 6 nitrogen and oxygen atoms in total. The van der Waals surface area contributed by atoms with E-state index in [1.165, 1.54) is 6.08 Å². The van der Waals surface area contributed by atoms with E-state index in [9.17, 15) is 4.79 Å². The predicted molar refractivity (Wildman–Crippen MR) is 77.2 cm³/mol. The second-order valence-corrected chi connectivity index (χ2v) is 4.35. The smallest absolute Gasteiger partial charge is 0.328 e. The van der Waals surface area contributed by atoms with E-state index in [2.05, 4.69) is 5.10 Å². The highest BCUT2D eigenvalue weighted by Crippen LogP contribution is 2.29. The normalized spacial score (nSPS) is 10.8. The molecule has 1 N–H and O–H groups in total. The number of carboxylic acid groups (broad SMARTS) is 1. The lowest BCUT2D eigenvalue weighted by Gasteiger charge is -2.10. The third-order valence-electron chi connectivity index (χ3n) is 2.75. The molecule has 2 aromatic rings. The molecule has 0 fully saturated rings. The van der Waals surface area contributed by atoms with Gasteiger partial charge in [0.2, 0.25) is 0 Å². The van der Waals surface area contributed by atoms with Gasteiger partial charge in [0.05, 0.1) is 12.8 Å². The lowest BCUT2D eigenvalue weighted by atomic mass is 10.2. The van der Waals surface area contributed by atoms with Gasteiger partial charge >= 0.3 is 5.97 Å². The Morgan fingerprint density at radius 2 is 2.19 bits per heavy atom. The van der Waals surface area contributed by atoms with Gasteiger partial charge in [-0.15, -0.1) is 0 Å². The summed E-state index contributed by atoms with van der Waals surface area (Å²) in [5.74, 6) is 0.121. The van der Waals surface area contributed by atoms with E-state index in [-0.39, 0.29) is 0 Å². The molecule has 1 aromatic heterocycles. The van der Waals surface area contributed by atoms with Gasteiger partial charge in [-0.25, -0.2) is 4.79 Å². The molecule has 0 radical (unpaired) electrons. The quantitative estimate of drug-likeness (QED) is 0.824. The van der Waals surface area contributed by atoms with E-state index >= 15 is 0 Å². The van der Waals surface area contributed by atoms with Crippen LogP contribution in [0.2, 0.25) is 0 Å². The van der Waals surface area contributed by atoms with E-state index in [4.69, 9.17) is 14.6 Å². The molecule has 0 saturated carbocycles. The van der Waals surface area contributed by atoms with Crippen molar-refractivity contribution in [3.8, 4) is 11.5 Å².